The van der Waals surface area contributed by atoms with Gasteiger partial charge in [-0.05, 0) is 25.8 Å². The Balaban J connectivity index is 2.30. The van der Waals surface area contributed by atoms with E-state index in [4.69, 9.17) is 9.84 Å². The molecular weight excluding hydrogens is 142 g/mol. The second-order valence-electron chi connectivity index (χ2n) is 3.03. The van der Waals surface area contributed by atoms with Gasteiger partial charge in [-0.1, -0.05) is 0 Å². The predicted octanol–water partition coefficient (Wildman–Crippen LogP) is -0.00670. The monoisotopic (exact) mass is 159 g/mol. The Morgan fingerprint density at radius 2 is 2.18 bits per heavy atom. The zero-order chi connectivity index (χ0) is 8.10. The van der Waals surface area contributed by atoms with Crippen LogP contribution in [0.25, 0.3) is 0 Å². The highest BCUT2D eigenvalue weighted by molar-refractivity contribution is 4.76. The molecule has 0 aromatic rings. The number of hydrogen-bond acceptors (Lipinski definition) is 3. The summed E-state index contributed by atoms with van der Waals surface area (Å²) in [6.45, 7) is 1.94. The Morgan fingerprint density at radius 1 is 1.55 bits per heavy atom. The Kier molecular flexibility index (Phi) is 3.83. The van der Waals surface area contributed by atoms with Crippen LogP contribution in [-0.4, -0.2) is 38.0 Å². The van der Waals surface area contributed by atoms with Gasteiger partial charge in [0.25, 0.3) is 0 Å². The molecule has 11 heavy (non-hydrogen) atoms. The van der Waals surface area contributed by atoms with E-state index in [-0.39, 0.29) is 12.6 Å². The zero-order valence-corrected chi connectivity index (χ0v) is 7.05. The molecule has 1 fully saturated rings. The highest BCUT2D eigenvalue weighted by Crippen LogP contribution is 2.17. The van der Waals surface area contributed by atoms with Crippen LogP contribution in [0.5, 0.6) is 0 Å². The van der Waals surface area contributed by atoms with Gasteiger partial charge < -0.3 is 15.2 Å². The lowest BCUT2D eigenvalue weighted by Gasteiger charge is -2.28. The minimum absolute atomic E-state index is 0.237. The fourth-order valence-corrected chi connectivity index (χ4v) is 1.59. The molecule has 0 amide bonds. The molecule has 0 aromatic carbocycles. The molecule has 1 rings (SSSR count). The van der Waals surface area contributed by atoms with Crippen LogP contribution < -0.4 is 5.32 Å². The number of aliphatic hydroxyl groups is 1. The normalized spacial score (nSPS) is 23.5. The van der Waals surface area contributed by atoms with E-state index in [1.165, 1.54) is 0 Å². The van der Waals surface area contributed by atoms with Gasteiger partial charge in [-0.3, -0.25) is 0 Å². The maximum absolute atomic E-state index is 8.97. The minimum Gasteiger partial charge on any atom is -0.395 e. The summed E-state index contributed by atoms with van der Waals surface area (Å²) in [6, 6.07) is 0.263. The van der Waals surface area contributed by atoms with E-state index in [1.807, 2.05) is 7.05 Å². The summed E-state index contributed by atoms with van der Waals surface area (Å²) in [5.41, 5.74) is 0. The Morgan fingerprint density at radius 3 is 2.64 bits per heavy atom. The van der Waals surface area contributed by atoms with Crippen molar-refractivity contribution in [3.8, 4) is 0 Å². The first kappa shape index (κ1) is 8.97. The summed E-state index contributed by atoms with van der Waals surface area (Å²) in [5.74, 6) is 0.596. The minimum atomic E-state index is 0.237. The molecule has 2 N–H and O–H groups in total. The standard InChI is InChI=1S/C8H17NO2/c1-9-8(6-10)7-2-4-11-5-3-7/h7-10H,2-6H2,1H3. The van der Waals surface area contributed by atoms with Crippen molar-refractivity contribution in [1.29, 1.82) is 0 Å². The average Bonchev–Trinajstić information content (AvgIpc) is 2.09. The van der Waals surface area contributed by atoms with E-state index < -0.39 is 0 Å². The molecule has 0 radical (unpaired) electrons. The first-order chi connectivity index (χ1) is 5.38. The van der Waals surface area contributed by atoms with E-state index in [0.717, 1.165) is 26.1 Å². The molecule has 3 nitrogen and oxygen atoms in total. The maximum atomic E-state index is 8.97. The van der Waals surface area contributed by atoms with Crippen LogP contribution in [0.3, 0.4) is 0 Å². The molecule has 1 atom stereocenters. The van der Waals surface area contributed by atoms with Crippen LogP contribution in [0.15, 0.2) is 0 Å². The van der Waals surface area contributed by atoms with E-state index in [9.17, 15) is 0 Å². The maximum Gasteiger partial charge on any atom is 0.0587 e. The summed E-state index contributed by atoms with van der Waals surface area (Å²) in [6.07, 6.45) is 2.15. The average molecular weight is 159 g/mol. The second kappa shape index (κ2) is 4.70. The van der Waals surface area contributed by atoms with Gasteiger partial charge in [0.2, 0.25) is 0 Å². The van der Waals surface area contributed by atoms with Crippen molar-refractivity contribution < 1.29 is 9.84 Å². The Hall–Kier alpha value is -0.120. The number of rotatable bonds is 3. The van der Waals surface area contributed by atoms with Gasteiger partial charge in [0, 0.05) is 19.3 Å². The third-order valence-electron chi connectivity index (χ3n) is 2.40. The van der Waals surface area contributed by atoms with E-state index in [1.54, 1.807) is 0 Å². The van der Waals surface area contributed by atoms with Crippen LogP contribution in [0.1, 0.15) is 12.8 Å². The van der Waals surface area contributed by atoms with Gasteiger partial charge in [0.15, 0.2) is 0 Å². The van der Waals surface area contributed by atoms with Crippen molar-refractivity contribution in [2.75, 3.05) is 26.9 Å². The molecule has 1 aliphatic heterocycles. The smallest absolute Gasteiger partial charge is 0.0587 e. The van der Waals surface area contributed by atoms with Crippen LogP contribution in [0.4, 0.5) is 0 Å². The largest absolute Gasteiger partial charge is 0.395 e. The van der Waals surface area contributed by atoms with Crippen molar-refractivity contribution in [1.82, 2.24) is 5.32 Å². The molecule has 0 aliphatic carbocycles. The van der Waals surface area contributed by atoms with Crippen molar-refractivity contribution in [3.05, 3.63) is 0 Å². The van der Waals surface area contributed by atoms with Crippen LogP contribution in [0, 0.1) is 5.92 Å². The molecular formula is C8H17NO2. The molecule has 0 bridgehead atoms. The molecule has 0 aromatic heterocycles. The molecule has 3 heteroatoms. The van der Waals surface area contributed by atoms with Gasteiger partial charge in [-0.2, -0.15) is 0 Å². The summed E-state index contributed by atoms with van der Waals surface area (Å²) in [7, 11) is 1.90. The van der Waals surface area contributed by atoms with Gasteiger partial charge in [0.1, 0.15) is 0 Å². The Bertz CT molecular complexity index is 98.3. The number of hydrogen-bond donors (Lipinski definition) is 2. The number of nitrogens with one attached hydrogen (secondary N) is 1. The zero-order valence-electron chi connectivity index (χ0n) is 7.05. The highest BCUT2D eigenvalue weighted by Gasteiger charge is 2.21. The molecule has 0 spiro atoms. The molecule has 1 saturated heterocycles. The first-order valence-electron chi connectivity index (χ1n) is 4.24. The molecule has 1 aliphatic rings. The van der Waals surface area contributed by atoms with Gasteiger partial charge >= 0.3 is 0 Å². The topological polar surface area (TPSA) is 41.5 Å². The van der Waals surface area contributed by atoms with Gasteiger partial charge in [-0.15, -0.1) is 0 Å². The summed E-state index contributed by atoms with van der Waals surface area (Å²) in [5, 5.41) is 12.1. The quantitative estimate of drug-likeness (QED) is 0.608. The van der Waals surface area contributed by atoms with Crippen molar-refractivity contribution in [2.45, 2.75) is 18.9 Å². The van der Waals surface area contributed by atoms with Crippen LogP contribution >= 0.6 is 0 Å². The lowest BCUT2D eigenvalue weighted by molar-refractivity contribution is 0.0452. The fraction of sp³-hybridized carbons (Fsp3) is 1.00. The number of likely N-dealkylation sites (N-methyl/N-ethyl adjacent to an activating group) is 1. The molecule has 1 heterocycles. The van der Waals surface area contributed by atoms with Crippen molar-refractivity contribution >= 4 is 0 Å². The number of ether oxygens (including phenoxy) is 1. The molecule has 66 valence electrons. The first-order valence-corrected chi connectivity index (χ1v) is 4.24. The molecule has 1 unspecified atom stereocenters. The SMILES string of the molecule is CNC(CO)C1CCOCC1. The van der Waals surface area contributed by atoms with E-state index >= 15 is 0 Å². The van der Waals surface area contributed by atoms with E-state index in [2.05, 4.69) is 5.32 Å². The highest BCUT2D eigenvalue weighted by atomic mass is 16.5. The summed E-state index contributed by atoms with van der Waals surface area (Å²) in [4.78, 5) is 0. The lowest BCUT2D eigenvalue weighted by Crippen LogP contribution is -2.39. The predicted molar refractivity (Wildman–Crippen MR) is 43.5 cm³/mol. The van der Waals surface area contributed by atoms with Gasteiger partial charge in [-0.25, -0.2) is 0 Å². The Labute approximate surface area is 67.7 Å². The lowest BCUT2D eigenvalue weighted by atomic mass is 9.92. The summed E-state index contributed by atoms with van der Waals surface area (Å²) < 4.78 is 5.23. The van der Waals surface area contributed by atoms with E-state index in [0.29, 0.717) is 5.92 Å². The third-order valence-corrected chi connectivity index (χ3v) is 2.40. The fourth-order valence-electron chi connectivity index (χ4n) is 1.59. The van der Waals surface area contributed by atoms with Crippen LogP contribution in [0.2, 0.25) is 0 Å². The molecule has 0 saturated carbocycles. The van der Waals surface area contributed by atoms with Crippen LogP contribution in [-0.2, 0) is 4.74 Å². The second-order valence-corrected chi connectivity index (χ2v) is 3.03. The number of aliphatic hydroxyl groups excluding tert-OH is 1. The van der Waals surface area contributed by atoms with Crippen molar-refractivity contribution in [2.24, 2.45) is 5.92 Å². The van der Waals surface area contributed by atoms with Crippen molar-refractivity contribution in [3.63, 3.8) is 0 Å². The summed E-state index contributed by atoms with van der Waals surface area (Å²) >= 11 is 0. The third kappa shape index (κ3) is 2.43. The van der Waals surface area contributed by atoms with Gasteiger partial charge in [0.05, 0.1) is 6.61 Å².